The lowest BCUT2D eigenvalue weighted by Gasteiger charge is -2.11. The molecule has 1 aliphatic rings. The number of para-hydroxylation sites is 1. The molecular weight excluding hydrogens is 390 g/mol. The molecular formula is C22H15NO5S. The van der Waals surface area contributed by atoms with Crippen LogP contribution in [0.5, 0.6) is 0 Å². The SMILES string of the molecule is COC(=O)c1ccc(-c2ccc(C=C3SC(=O)N(c4ccccc4)C3=O)o2)cc1. The molecule has 6 nitrogen and oxygen atoms in total. The number of methoxy groups -OCH3 is 1. The highest BCUT2D eigenvalue weighted by Crippen LogP contribution is 2.36. The standard InChI is InChI=1S/C22H15NO5S/c1-27-21(25)15-9-7-14(8-10-15)18-12-11-17(28-18)13-19-20(24)23(22(26)29-19)16-5-3-2-4-6-16/h2-13H,1H3. The van der Waals surface area contributed by atoms with Crippen LogP contribution < -0.4 is 4.90 Å². The Balaban J connectivity index is 1.56. The van der Waals surface area contributed by atoms with Crippen molar-refractivity contribution < 1.29 is 23.5 Å². The number of hydrogen-bond donors (Lipinski definition) is 0. The first-order valence-electron chi connectivity index (χ1n) is 8.68. The van der Waals surface area contributed by atoms with Gasteiger partial charge in [0, 0.05) is 11.6 Å². The molecule has 1 saturated heterocycles. The molecule has 0 saturated carbocycles. The lowest BCUT2D eigenvalue weighted by molar-refractivity contribution is -0.113. The predicted octanol–water partition coefficient (Wildman–Crippen LogP) is 4.97. The Bertz CT molecular complexity index is 1120. The summed E-state index contributed by atoms with van der Waals surface area (Å²) in [5.74, 6) is 0.239. The van der Waals surface area contributed by atoms with E-state index < -0.39 is 5.97 Å². The minimum absolute atomic E-state index is 0.292. The molecule has 144 valence electrons. The van der Waals surface area contributed by atoms with E-state index in [4.69, 9.17) is 4.42 Å². The van der Waals surface area contributed by atoms with Gasteiger partial charge in [-0.15, -0.1) is 0 Å². The first-order valence-corrected chi connectivity index (χ1v) is 9.50. The molecule has 3 aromatic rings. The average Bonchev–Trinajstić information content (AvgIpc) is 3.32. The maximum atomic E-state index is 12.7. The smallest absolute Gasteiger partial charge is 0.337 e. The molecule has 2 amide bonds. The number of hydrogen-bond acceptors (Lipinski definition) is 6. The zero-order valence-corrected chi connectivity index (χ0v) is 16.1. The lowest BCUT2D eigenvalue weighted by Crippen LogP contribution is -2.27. The van der Waals surface area contributed by atoms with Crippen molar-refractivity contribution >= 4 is 40.6 Å². The molecule has 2 heterocycles. The van der Waals surface area contributed by atoms with Gasteiger partial charge in [0.1, 0.15) is 11.5 Å². The number of imide groups is 1. The fourth-order valence-corrected chi connectivity index (χ4v) is 3.69. The van der Waals surface area contributed by atoms with E-state index in [2.05, 4.69) is 4.74 Å². The number of benzene rings is 2. The minimum Gasteiger partial charge on any atom is -0.465 e. The van der Waals surface area contributed by atoms with Gasteiger partial charge in [-0.2, -0.15) is 0 Å². The van der Waals surface area contributed by atoms with Crippen molar-refractivity contribution in [3.63, 3.8) is 0 Å². The lowest BCUT2D eigenvalue weighted by atomic mass is 10.1. The average molecular weight is 405 g/mol. The number of ether oxygens (including phenoxy) is 1. The summed E-state index contributed by atoms with van der Waals surface area (Å²) in [4.78, 5) is 37.9. The number of rotatable bonds is 4. The van der Waals surface area contributed by atoms with Crippen molar-refractivity contribution in [1.29, 1.82) is 0 Å². The van der Waals surface area contributed by atoms with E-state index >= 15 is 0 Å². The van der Waals surface area contributed by atoms with Crippen molar-refractivity contribution in [1.82, 2.24) is 0 Å². The molecule has 1 fully saturated rings. The van der Waals surface area contributed by atoms with Crippen LogP contribution in [0.25, 0.3) is 17.4 Å². The second kappa shape index (κ2) is 7.81. The van der Waals surface area contributed by atoms with Crippen molar-refractivity contribution in [2.24, 2.45) is 0 Å². The Morgan fingerprint density at radius 2 is 1.72 bits per heavy atom. The van der Waals surface area contributed by atoms with Gasteiger partial charge in [-0.25, -0.2) is 9.69 Å². The summed E-state index contributed by atoms with van der Waals surface area (Å²) < 4.78 is 10.5. The summed E-state index contributed by atoms with van der Waals surface area (Å²) in [5, 5.41) is -0.349. The Kier molecular flexibility index (Phi) is 5.05. The molecule has 1 aromatic heterocycles. The second-order valence-electron chi connectivity index (χ2n) is 6.12. The number of carbonyl (C=O) groups excluding carboxylic acids is 3. The highest BCUT2D eigenvalue weighted by atomic mass is 32.2. The van der Waals surface area contributed by atoms with Gasteiger partial charge in [0.25, 0.3) is 11.1 Å². The van der Waals surface area contributed by atoms with Crippen LogP contribution in [0.4, 0.5) is 10.5 Å². The van der Waals surface area contributed by atoms with Crippen LogP contribution in [0.2, 0.25) is 0 Å². The van der Waals surface area contributed by atoms with Gasteiger partial charge >= 0.3 is 5.97 Å². The molecule has 0 unspecified atom stereocenters. The largest absolute Gasteiger partial charge is 0.465 e. The van der Waals surface area contributed by atoms with Crippen LogP contribution >= 0.6 is 11.8 Å². The number of thioether (sulfide) groups is 1. The number of furan rings is 1. The van der Waals surface area contributed by atoms with Gasteiger partial charge < -0.3 is 9.15 Å². The Hall–Kier alpha value is -3.58. The molecule has 1 aliphatic heterocycles. The molecule has 2 aromatic carbocycles. The van der Waals surface area contributed by atoms with Crippen LogP contribution in [0.3, 0.4) is 0 Å². The zero-order chi connectivity index (χ0) is 20.4. The summed E-state index contributed by atoms with van der Waals surface area (Å²) in [5.41, 5.74) is 1.75. The van der Waals surface area contributed by atoms with E-state index in [0.717, 1.165) is 22.2 Å². The van der Waals surface area contributed by atoms with E-state index in [-0.39, 0.29) is 11.1 Å². The molecule has 7 heteroatoms. The van der Waals surface area contributed by atoms with Crippen molar-refractivity contribution in [2.75, 3.05) is 12.0 Å². The summed E-state index contributed by atoms with van der Waals surface area (Å²) >= 11 is 0.871. The highest BCUT2D eigenvalue weighted by molar-refractivity contribution is 8.19. The number of carbonyl (C=O) groups is 3. The van der Waals surface area contributed by atoms with Crippen LogP contribution in [-0.2, 0) is 9.53 Å². The first kappa shape index (κ1) is 18.8. The number of esters is 1. The normalized spacial score (nSPS) is 15.2. The van der Waals surface area contributed by atoms with Gasteiger partial charge in [-0.05, 0) is 48.2 Å². The quantitative estimate of drug-likeness (QED) is 0.450. The van der Waals surface area contributed by atoms with Crippen LogP contribution in [-0.4, -0.2) is 24.2 Å². The van der Waals surface area contributed by atoms with E-state index in [1.54, 1.807) is 66.7 Å². The molecule has 0 aliphatic carbocycles. The molecule has 29 heavy (non-hydrogen) atoms. The Labute approximate surface area is 170 Å². The van der Waals surface area contributed by atoms with Crippen LogP contribution in [0.15, 0.2) is 76.1 Å². The van der Waals surface area contributed by atoms with Gasteiger partial charge in [-0.1, -0.05) is 30.3 Å². The fourth-order valence-electron chi connectivity index (χ4n) is 2.87. The van der Waals surface area contributed by atoms with Crippen molar-refractivity contribution in [2.45, 2.75) is 0 Å². The molecule has 4 rings (SSSR count). The van der Waals surface area contributed by atoms with Crippen molar-refractivity contribution in [3.05, 3.63) is 83.0 Å². The third kappa shape index (κ3) is 3.72. The molecule has 0 bridgehead atoms. The summed E-state index contributed by atoms with van der Waals surface area (Å²) in [6, 6.07) is 19.1. The topological polar surface area (TPSA) is 76.8 Å². The van der Waals surface area contributed by atoms with Gasteiger partial charge in [-0.3, -0.25) is 9.59 Å². The van der Waals surface area contributed by atoms with E-state index in [0.29, 0.717) is 27.7 Å². The van der Waals surface area contributed by atoms with Gasteiger partial charge in [0.05, 0.1) is 23.3 Å². The summed E-state index contributed by atoms with van der Waals surface area (Å²) in [6.07, 6.45) is 1.56. The maximum Gasteiger partial charge on any atom is 0.337 e. The molecule has 0 N–H and O–H groups in total. The van der Waals surface area contributed by atoms with Crippen LogP contribution in [0, 0.1) is 0 Å². The number of amides is 2. The molecule has 0 radical (unpaired) electrons. The monoisotopic (exact) mass is 405 g/mol. The zero-order valence-electron chi connectivity index (χ0n) is 15.3. The highest BCUT2D eigenvalue weighted by Gasteiger charge is 2.36. The first-order chi connectivity index (χ1) is 14.1. The maximum absolute atomic E-state index is 12.7. The molecule has 0 spiro atoms. The van der Waals surface area contributed by atoms with E-state index in [1.807, 2.05) is 6.07 Å². The summed E-state index contributed by atoms with van der Waals surface area (Å²) in [6.45, 7) is 0. The molecule has 0 atom stereocenters. The van der Waals surface area contributed by atoms with Gasteiger partial charge in [0.2, 0.25) is 0 Å². The minimum atomic E-state index is -0.411. The Morgan fingerprint density at radius 1 is 1.00 bits per heavy atom. The Morgan fingerprint density at radius 3 is 2.41 bits per heavy atom. The number of anilines is 1. The fraction of sp³-hybridized carbons (Fsp3) is 0.0455. The van der Waals surface area contributed by atoms with Crippen LogP contribution in [0.1, 0.15) is 16.1 Å². The third-order valence-electron chi connectivity index (χ3n) is 4.30. The van der Waals surface area contributed by atoms with E-state index in [9.17, 15) is 14.4 Å². The van der Waals surface area contributed by atoms with E-state index in [1.165, 1.54) is 7.11 Å². The predicted molar refractivity (Wildman–Crippen MR) is 110 cm³/mol. The van der Waals surface area contributed by atoms with Crippen molar-refractivity contribution in [3.8, 4) is 11.3 Å². The third-order valence-corrected chi connectivity index (χ3v) is 5.17. The number of nitrogens with zero attached hydrogens (tertiary/aromatic N) is 1. The summed E-state index contributed by atoms with van der Waals surface area (Å²) in [7, 11) is 1.33. The second-order valence-corrected chi connectivity index (χ2v) is 7.12. The van der Waals surface area contributed by atoms with Gasteiger partial charge in [0.15, 0.2) is 0 Å².